The van der Waals surface area contributed by atoms with Gasteiger partial charge in [-0.3, -0.25) is 4.79 Å². The smallest absolute Gasteiger partial charge is 0.382 e. The molecule has 0 saturated heterocycles. The van der Waals surface area contributed by atoms with Crippen LogP contribution in [-0.2, 0) is 11.0 Å². The maximum atomic E-state index is 12.8. The van der Waals surface area contributed by atoms with Crippen LogP contribution in [0.2, 0.25) is 0 Å². The number of rotatable bonds is 3. The van der Waals surface area contributed by atoms with Crippen molar-refractivity contribution in [3.05, 3.63) is 40.4 Å². The second kappa shape index (κ2) is 5.52. The number of hydrogen-bond donors (Lipinski definition) is 1. The lowest BCUT2D eigenvalue weighted by atomic mass is 9.98. The van der Waals surface area contributed by atoms with E-state index in [9.17, 15) is 18.0 Å². The maximum Gasteiger partial charge on any atom is 0.416 e. The van der Waals surface area contributed by atoms with Gasteiger partial charge in [0.15, 0.2) is 5.78 Å². The lowest BCUT2D eigenvalue weighted by molar-refractivity contribution is -0.137. The number of allylic oxidation sites excluding steroid dienone is 1. The van der Waals surface area contributed by atoms with Gasteiger partial charge in [0.2, 0.25) is 0 Å². The average Bonchev–Trinajstić information content (AvgIpc) is 2.74. The van der Waals surface area contributed by atoms with E-state index in [1.54, 1.807) is 13.1 Å². The van der Waals surface area contributed by atoms with Crippen LogP contribution in [0.4, 0.5) is 13.2 Å². The predicted octanol–water partition coefficient (Wildman–Crippen LogP) is 3.69. The summed E-state index contributed by atoms with van der Waals surface area (Å²) in [6.07, 6.45) is -3.76. The van der Waals surface area contributed by atoms with E-state index in [2.05, 4.69) is 5.32 Å². The Labute approximate surface area is 119 Å². The number of halogens is 3. The molecule has 1 aliphatic heterocycles. The summed E-state index contributed by atoms with van der Waals surface area (Å²) in [5.41, 5.74) is -0.0659. The Kier molecular flexibility index (Phi) is 4.13. The van der Waals surface area contributed by atoms with Crippen molar-refractivity contribution in [1.29, 1.82) is 0 Å². The molecule has 0 aromatic heterocycles. The van der Waals surface area contributed by atoms with Gasteiger partial charge in [0.1, 0.15) is 0 Å². The second-order valence-corrected chi connectivity index (χ2v) is 5.62. The number of carbonyl (C=O) groups excluding carboxylic acids is 1. The van der Waals surface area contributed by atoms with Crippen molar-refractivity contribution >= 4 is 23.1 Å². The van der Waals surface area contributed by atoms with Crippen LogP contribution in [-0.4, -0.2) is 18.1 Å². The standard InChI is InChI=1S/C14H14F3NOS/c1-3-10-12(19)11(13(18-2)20-10)8-5-4-6-9(7-8)14(15,16)17/h4-7,10,18H,3H2,1-2H3. The second-order valence-electron chi connectivity index (χ2n) is 4.41. The highest BCUT2D eigenvalue weighted by Crippen LogP contribution is 2.41. The van der Waals surface area contributed by atoms with Gasteiger partial charge in [0.05, 0.1) is 21.4 Å². The average molecular weight is 301 g/mol. The Morgan fingerprint density at radius 3 is 2.60 bits per heavy atom. The first-order chi connectivity index (χ1) is 9.38. The van der Waals surface area contributed by atoms with Crippen LogP contribution in [0.3, 0.4) is 0 Å². The van der Waals surface area contributed by atoms with E-state index in [1.807, 2.05) is 6.92 Å². The number of alkyl halides is 3. The Morgan fingerprint density at radius 1 is 1.35 bits per heavy atom. The van der Waals surface area contributed by atoms with Crippen molar-refractivity contribution in [1.82, 2.24) is 5.32 Å². The van der Waals surface area contributed by atoms with E-state index in [4.69, 9.17) is 0 Å². The van der Waals surface area contributed by atoms with Gasteiger partial charge in [-0.05, 0) is 24.1 Å². The number of nitrogens with one attached hydrogen (secondary N) is 1. The molecule has 20 heavy (non-hydrogen) atoms. The molecular formula is C14H14F3NOS. The molecule has 2 rings (SSSR count). The van der Waals surface area contributed by atoms with Crippen LogP contribution in [0.5, 0.6) is 0 Å². The lowest BCUT2D eigenvalue weighted by Crippen LogP contribution is -2.13. The van der Waals surface area contributed by atoms with Crippen molar-refractivity contribution in [2.45, 2.75) is 24.8 Å². The van der Waals surface area contributed by atoms with Crippen molar-refractivity contribution < 1.29 is 18.0 Å². The Hall–Kier alpha value is -1.43. The molecule has 1 heterocycles. The highest BCUT2D eigenvalue weighted by Gasteiger charge is 2.35. The predicted molar refractivity (Wildman–Crippen MR) is 74.1 cm³/mol. The minimum atomic E-state index is -4.41. The zero-order valence-electron chi connectivity index (χ0n) is 11.0. The molecule has 0 saturated carbocycles. The van der Waals surface area contributed by atoms with Crippen LogP contribution >= 0.6 is 11.8 Å². The number of benzene rings is 1. The Morgan fingerprint density at radius 2 is 2.05 bits per heavy atom. The van der Waals surface area contributed by atoms with Gasteiger partial charge in [-0.15, -0.1) is 0 Å². The molecular weight excluding hydrogens is 287 g/mol. The van der Waals surface area contributed by atoms with Crippen molar-refractivity contribution in [2.24, 2.45) is 0 Å². The van der Waals surface area contributed by atoms with Crippen LogP contribution in [0.15, 0.2) is 29.3 Å². The normalized spacial score (nSPS) is 19.6. The zero-order valence-corrected chi connectivity index (χ0v) is 11.9. The molecule has 1 aromatic rings. The van der Waals surface area contributed by atoms with Gasteiger partial charge in [-0.1, -0.05) is 30.8 Å². The molecule has 0 radical (unpaired) electrons. The first kappa shape index (κ1) is 15.0. The first-order valence-corrected chi connectivity index (χ1v) is 7.07. The van der Waals surface area contributed by atoms with E-state index in [0.717, 1.165) is 12.1 Å². The van der Waals surface area contributed by atoms with E-state index in [0.29, 0.717) is 22.6 Å². The van der Waals surface area contributed by atoms with Gasteiger partial charge in [0, 0.05) is 7.05 Å². The molecule has 0 aliphatic carbocycles. The van der Waals surface area contributed by atoms with Crippen molar-refractivity contribution in [3.63, 3.8) is 0 Å². The minimum Gasteiger partial charge on any atom is -0.382 e. The largest absolute Gasteiger partial charge is 0.416 e. The topological polar surface area (TPSA) is 29.1 Å². The van der Waals surface area contributed by atoms with Crippen LogP contribution in [0.1, 0.15) is 24.5 Å². The summed E-state index contributed by atoms with van der Waals surface area (Å²) in [6, 6.07) is 4.91. The molecule has 1 N–H and O–H groups in total. The third-order valence-corrected chi connectivity index (χ3v) is 4.58. The third-order valence-electron chi connectivity index (χ3n) is 3.10. The minimum absolute atomic E-state index is 0.110. The number of Topliss-reactive ketones (excluding diaryl/α,β-unsaturated/α-hetero) is 1. The van der Waals surface area contributed by atoms with Crippen molar-refractivity contribution in [2.75, 3.05) is 7.05 Å². The molecule has 108 valence electrons. The van der Waals surface area contributed by atoms with Gasteiger partial charge < -0.3 is 5.32 Å². The van der Waals surface area contributed by atoms with E-state index >= 15 is 0 Å². The van der Waals surface area contributed by atoms with E-state index < -0.39 is 11.7 Å². The summed E-state index contributed by atoms with van der Waals surface area (Å²) in [4.78, 5) is 12.3. The molecule has 0 bridgehead atoms. The molecule has 2 nitrogen and oxygen atoms in total. The zero-order chi connectivity index (χ0) is 14.9. The summed E-state index contributed by atoms with van der Waals surface area (Å²) in [5, 5.41) is 3.33. The summed E-state index contributed by atoms with van der Waals surface area (Å²) < 4.78 is 38.3. The molecule has 1 unspecified atom stereocenters. The van der Waals surface area contributed by atoms with Gasteiger partial charge in [-0.2, -0.15) is 13.2 Å². The van der Waals surface area contributed by atoms with Crippen LogP contribution < -0.4 is 5.32 Å². The number of hydrogen-bond acceptors (Lipinski definition) is 3. The Bertz CT molecular complexity index is 566. The number of carbonyl (C=O) groups is 1. The number of ketones is 1. The lowest BCUT2D eigenvalue weighted by Gasteiger charge is -2.10. The van der Waals surface area contributed by atoms with Gasteiger partial charge in [-0.25, -0.2) is 0 Å². The molecule has 1 aromatic carbocycles. The molecule has 1 aliphatic rings. The highest BCUT2D eigenvalue weighted by molar-refractivity contribution is 8.05. The van der Waals surface area contributed by atoms with E-state index in [-0.39, 0.29) is 11.0 Å². The quantitative estimate of drug-likeness (QED) is 0.923. The summed E-state index contributed by atoms with van der Waals surface area (Å²) >= 11 is 1.37. The van der Waals surface area contributed by atoms with Crippen LogP contribution in [0.25, 0.3) is 5.57 Å². The third kappa shape index (κ3) is 2.70. The van der Waals surface area contributed by atoms with E-state index in [1.165, 1.54) is 17.8 Å². The van der Waals surface area contributed by atoms with Crippen LogP contribution in [0, 0.1) is 0 Å². The first-order valence-electron chi connectivity index (χ1n) is 6.19. The summed E-state index contributed by atoms with van der Waals surface area (Å²) in [6.45, 7) is 1.89. The molecule has 0 amide bonds. The fourth-order valence-corrected chi connectivity index (χ4v) is 3.23. The van der Waals surface area contributed by atoms with Gasteiger partial charge in [0.25, 0.3) is 0 Å². The highest BCUT2D eigenvalue weighted by atomic mass is 32.2. The van der Waals surface area contributed by atoms with Gasteiger partial charge >= 0.3 is 6.18 Å². The molecule has 1 atom stereocenters. The molecule has 0 fully saturated rings. The monoisotopic (exact) mass is 301 g/mol. The molecule has 6 heteroatoms. The Balaban J connectivity index is 2.47. The fourth-order valence-electron chi connectivity index (χ4n) is 2.10. The number of thioether (sulfide) groups is 1. The maximum absolute atomic E-state index is 12.8. The summed E-state index contributed by atoms with van der Waals surface area (Å²) in [5.74, 6) is -0.110. The SMILES string of the molecule is CCC1SC(NC)=C(c2cccc(C(F)(F)F)c2)C1=O. The molecule has 0 spiro atoms. The summed E-state index contributed by atoms with van der Waals surface area (Å²) in [7, 11) is 1.67. The fraction of sp³-hybridized carbons (Fsp3) is 0.357. The van der Waals surface area contributed by atoms with Crippen molar-refractivity contribution in [3.8, 4) is 0 Å².